The van der Waals surface area contributed by atoms with Crippen LogP contribution in [0.3, 0.4) is 0 Å². The molecule has 2 heterocycles. The summed E-state index contributed by atoms with van der Waals surface area (Å²) in [6.45, 7) is 7.08. The number of piperidine rings is 1. The fourth-order valence-electron chi connectivity index (χ4n) is 3.12. The third-order valence-electron chi connectivity index (χ3n) is 4.76. The van der Waals surface area contributed by atoms with E-state index in [4.69, 9.17) is 4.74 Å². The minimum Gasteiger partial charge on any atom is -0.466 e. The predicted molar refractivity (Wildman–Crippen MR) is 105 cm³/mol. The number of esters is 1. The number of likely N-dealkylation sites (tertiary alicyclic amines) is 1. The largest absolute Gasteiger partial charge is 0.466 e. The lowest BCUT2D eigenvalue weighted by atomic mass is 9.98. The van der Waals surface area contributed by atoms with Crippen molar-refractivity contribution >= 4 is 23.6 Å². The van der Waals surface area contributed by atoms with Gasteiger partial charge in [0.1, 0.15) is 0 Å². The van der Waals surface area contributed by atoms with Crippen molar-refractivity contribution in [2.45, 2.75) is 56.9 Å². The number of carbonyl (C=O) groups is 2. The van der Waals surface area contributed by atoms with Crippen molar-refractivity contribution in [2.75, 3.05) is 19.7 Å². The van der Waals surface area contributed by atoms with Gasteiger partial charge in [-0.2, -0.15) is 0 Å². The van der Waals surface area contributed by atoms with Crippen LogP contribution >= 0.6 is 11.8 Å². The van der Waals surface area contributed by atoms with E-state index in [1.165, 1.54) is 22.4 Å². The van der Waals surface area contributed by atoms with E-state index < -0.39 is 0 Å². The second-order valence-corrected chi connectivity index (χ2v) is 7.84. The van der Waals surface area contributed by atoms with Gasteiger partial charge in [0.15, 0.2) is 5.16 Å². The molecule has 0 N–H and O–H groups in total. The summed E-state index contributed by atoms with van der Waals surface area (Å²) in [5.74, 6) is -0.487. The Morgan fingerprint density at radius 1 is 1.37 bits per heavy atom. The lowest BCUT2D eigenvalue weighted by Gasteiger charge is -2.33. The van der Waals surface area contributed by atoms with Crippen LogP contribution in [0, 0.1) is 5.92 Å². The van der Waals surface area contributed by atoms with Gasteiger partial charge in [0, 0.05) is 31.9 Å². The zero-order valence-corrected chi connectivity index (χ0v) is 17.4. The molecule has 0 spiro atoms. The first-order chi connectivity index (χ1) is 12.9. The summed E-state index contributed by atoms with van der Waals surface area (Å²) in [6.07, 6.45) is 2.83. The molecule has 0 radical (unpaired) electrons. The van der Waals surface area contributed by atoms with Gasteiger partial charge in [-0.25, -0.2) is 4.98 Å². The number of hydrogen-bond donors (Lipinski definition) is 0. The standard InChI is InChI=1S/C19H29N3O4S/c1-5-14-11-16(23)21(4)19(20-14)27-15(6-2)17(24)22-10-8-9-13(12-22)18(25)26-7-3/h11,13,15H,5-10,12H2,1-4H3. The molecule has 1 aromatic rings. The first-order valence-corrected chi connectivity index (χ1v) is 10.5. The molecule has 2 rings (SSSR count). The fraction of sp³-hybridized carbons (Fsp3) is 0.684. The third kappa shape index (κ3) is 5.34. The Morgan fingerprint density at radius 2 is 2.11 bits per heavy atom. The molecule has 1 amide bonds. The summed E-state index contributed by atoms with van der Waals surface area (Å²) in [5, 5.41) is 0.217. The second-order valence-electron chi connectivity index (χ2n) is 6.67. The maximum absolute atomic E-state index is 13.0. The molecule has 1 saturated heterocycles. The Balaban J connectivity index is 2.13. The first kappa shape index (κ1) is 21.5. The molecule has 150 valence electrons. The SMILES string of the molecule is CCOC(=O)C1CCCN(C(=O)C(CC)Sc2nc(CC)cc(=O)n2C)C1. The number of rotatable bonds is 7. The molecule has 7 nitrogen and oxygen atoms in total. The molecule has 1 aromatic heterocycles. The smallest absolute Gasteiger partial charge is 0.310 e. The Kier molecular flexibility index (Phi) is 7.89. The van der Waals surface area contributed by atoms with Crippen LogP contribution in [-0.4, -0.2) is 51.3 Å². The highest BCUT2D eigenvalue weighted by molar-refractivity contribution is 8.00. The lowest BCUT2D eigenvalue weighted by Crippen LogP contribution is -2.46. The van der Waals surface area contributed by atoms with E-state index in [1.54, 1.807) is 18.9 Å². The van der Waals surface area contributed by atoms with Crippen molar-refractivity contribution in [3.8, 4) is 0 Å². The van der Waals surface area contributed by atoms with E-state index >= 15 is 0 Å². The van der Waals surface area contributed by atoms with E-state index in [0.717, 1.165) is 18.5 Å². The molecule has 8 heteroatoms. The fourth-order valence-corrected chi connectivity index (χ4v) is 4.21. The monoisotopic (exact) mass is 395 g/mol. The quantitative estimate of drug-likeness (QED) is 0.399. The van der Waals surface area contributed by atoms with Crippen LogP contribution in [0.4, 0.5) is 0 Å². The van der Waals surface area contributed by atoms with Crippen LogP contribution in [-0.2, 0) is 27.8 Å². The van der Waals surface area contributed by atoms with Crippen LogP contribution in [0.25, 0.3) is 0 Å². The number of ether oxygens (including phenoxy) is 1. The third-order valence-corrected chi connectivity index (χ3v) is 6.15. The number of carbonyl (C=O) groups excluding carboxylic acids is 2. The zero-order chi connectivity index (χ0) is 20.0. The summed E-state index contributed by atoms with van der Waals surface area (Å²) in [5.41, 5.74) is 0.607. The van der Waals surface area contributed by atoms with Crippen molar-refractivity contribution in [1.29, 1.82) is 0 Å². The normalized spacial score (nSPS) is 18.2. The topological polar surface area (TPSA) is 81.5 Å². The predicted octanol–water partition coefficient (Wildman–Crippen LogP) is 2.02. The molecular formula is C19H29N3O4S. The van der Waals surface area contributed by atoms with Gasteiger partial charge in [-0.15, -0.1) is 0 Å². The number of hydrogen-bond acceptors (Lipinski definition) is 6. The molecule has 27 heavy (non-hydrogen) atoms. The number of amides is 1. The number of aryl methyl sites for hydroxylation is 1. The van der Waals surface area contributed by atoms with Gasteiger partial charge in [-0.05, 0) is 32.6 Å². The Morgan fingerprint density at radius 3 is 2.74 bits per heavy atom. The van der Waals surface area contributed by atoms with Gasteiger partial charge in [0.25, 0.3) is 5.56 Å². The van der Waals surface area contributed by atoms with Crippen molar-refractivity contribution in [1.82, 2.24) is 14.5 Å². The Hall–Kier alpha value is -1.83. The highest BCUT2D eigenvalue weighted by atomic mass is 32.2. The number of thioether (sulfide) groups is 1. The molecule has 2 atom stereocenters. The van der Waals surface area contributed by atoms with Gasteiger partial charge >= 0.3 is 5.97 Å². The van der Waals surface area contributed by atoms with Gasteiger partial charge < -0.3 is 9.64 Å². The van der Waals surface area contributed by atoms with Crippen molar-refractivity contribution in [3.63, 3.8) is 0 Å². The first-order valence-electron chi connectivity index (χ1n) is 9.60. The van der Waals surface area contributed by atoms with E-state index in [9.17, 15) is 14.4 Å². The van der Waals surface area contributed by atoms with Gasteiger partial charge in [0.05, 0.1) is 17.8 Å². The minimum atomic E-state index is -0.337. The molecule has 1 aliphatic rings. The van der Waals surface area contributed by atoms with E-state index in [1.807, 2.05) is 13.8 Å². The van der Waals surface area contributed by atoms with E-state index in [0.29, 0.717) is 37.7 Å². The maximum Gasteiger partial charge on any atom is 0.310 e. The van der Waals surface area contributed by atoms with E-state index in [2.05, 4.69) is 4.98 Å². The zero-order valence-electron chi connectivity index (χ0n) is 16.6. The number of nitrogens with zero attached hydrogens (tertiary/aromatic N) is 3. The highest BCUT2D eigenvalue weighted by Crippen LogP contribution is 2.27. The summed E-state index contributed by atoms with van der Waals surface area (Å²) >= 11 is 1.33. The molecule has 0 saturated carbocycles. The second kappa shape index (κ2) is 9.92. The maximum atomic E-state index is 13.0. The summed E-state index contributed by atoms with van der Waals surface area (Å²) < 4.78 is 6.60. The van der Waals surface area contributed by atoms with Crippen LogP contribution in [0.1, 0.15) is 45.7 Å². The Labute approximate surface area is 164 Å². The van der Waals surface area contributed by atoms with Crippen LogP contribution < -0.4 is 5.56 Å². The lowest BCUT2D eigenvalue weighted by molar-refractivity contribution is -0.151. The van der Waals surface area contributed by atoms with Crippen molar-refractivity contribution < 1.29 is 14.3 Å². The summed E-state index contributed by atoms with van der Waals surface area (Å²) in [4.78, 5) is 43.5. The van der Waals surface area contributed by atoms with Crippen molar-refractivity contribution in [2.24, 2.45) is 13.0 Å². The molecule has 0 aromatic carbocycles. The van der Waals surface area contributed by atoms with Gasteiger partial charge in [-0.3, -0.25) is 19.0 Å². The molecule has 0 aliphatic carbocycles. The molecule has 1 aliphatic heterocycles. The highest BCUT2D eigenvalue weighted by Gasteiger charge is 2.32. The Bertz CT molecular complexity index is 734. The summed E-state index contributed by atoms with van der Waals surface area (Å²) in [7, 11) is 1.67. The molecule has 1 fully saturated rings. The van der Waals surface area contributed by atoms with Crippen LogP contribution in [0.2, 0.25) is 0 Å². The van der Waals surface area contributed by atoms with Crippen LogP contribution in [0.15, 0.2) is 16.0 Å². The minimum absolute atomic E-state index is 0.00681. The van der Waals surface area contributed by atoms with Gasteiger partial charge in [0.2, 0.25) is 5.91 Å². The average Bonchev–Trinajstić information content (AvgIpc) is 2.68. The van der Waals surface area contributed by atoms with Gasteiger partial charge in [-0.1, -0.05) is 25.6 Å². The van der Waals surface area contributed by atoms with E-state index in [-0.39, 0.29) is 28.6 Å². The van der Waals surface area contributed by atoms with Crippen molar-refractivity contribution in [3.05, 3.63) is 22.1 Å². The molecule has 0 bridgehead atoms. The average molecular weight is 396 g/mol. The molecule has 2 unspecified atom stereocenters. The number of aromatic nitrogens is 2. The molecular weight excluding hydrogens is 366 g/mol. The summed E-state index contributed by atoms with van der Waals surface area (Å²) in [6, 6.07) is 1.53. The van der Waals surface area contributed by atoms with Crippen LogP contribution in [0.5, 0.6) is 0 Å².